The predicted molar refractivity (Wildman–Crippen MR) is 50.5 cm³/mol. The molecule has 0 aliphatic carbocycles. The average Bonchev–Trinajstić information content (AvgIpc) is 2.64. The molecule has 0 spiro atoms. The van der Waals surface area contributed by atoms with Gasteiger partial charge in [-0.1, -0.05) is 21.6 Å². The van der Waals surface area contributed by atoms with Crippen molar-refractivity contribution >= 4 is 21.6 Å². The second kappa shape index (κ2) is 6.54. The number of nitrogens with one attached hydrogen (secondary N) is 1. The van der Waals surface area contributed by atoms with E-state index in [1.165, 1.54) is 24.3 Å². The first-order chi connectivity index (χ1) is 5.50. The van der Waals surface area contributed by atoms with Crippen LogP contribution in [0.25, 0.3) is 0 Å². The molecule has 0 unspecified atom stereocenters. The molecule has 0 saturated carbocycles. The van der Waals surface area contributed by atoms with Crippen LogP contribution in [0.5, 0.6) is 0 Å². The highest BCUT2D eigenvalue weighted by Crippen LogP contribution is 2.28. The van der Waals surface area contributed by atoms with Crippen LogP contribution < -0.4 is 0 Å². The molecule has 0 amide bonds. The third-order valence-corrected chi connectivity index (χ3v) is 3.70. The molecule has 2 heterocycles. The fourth-order valence-electron chi connectivity index (χ4n) is 0.606. The minimum absolute atomic E-state index is 1.38. The molecule has 1 aromatic rings. The lowest BCUT2D eigenvalue weighted by molar-refractivity contribution is 0.906. The molecule has 1 aromatic heterocycles. The number of aromatic nitrogens is 3. The van der Waals surface area contributed by atoms with Crippen molar-refractivity contribution in [3.05, 3.63) is 12.4 Å². The lowest BCUT2D eigenvalue weighted by atomic mass is 10.4. The Balaban J connectivity index is 0.000000112. The molecule has 62 valence electrons. The smallest absolute Gasteiger partial charge is 0.0690 e. The van der Waals surface area contributed by atoms with Gasteiger partial charge < -0.3 is 0 Å². The Morgan fingerprint density at radius 3 is 1.73 bits per heavy atom. The van der Waals surface area contributed by atoms with Gasteiger partial charge in [-0.3, -0.25) is 0 Å². The van der Waals surface area contributed by atoms with Gasteiger partial charge in [0.05, 0.1) is 12.4 Å². The van der Waals surface area contributed by atoms with Gasteiger partial charge in [-0.25, -0.2) is 0 Å². The maximum atomic E-state index is 3.49. The standard InChI is InChI=1S/C4H8S2.C2H3N3/c1-2-4-6-5-3-1;1-2-4-5-3-1/h1-4H2;1-2H,(H,3,4,5). The SMILES string of the molecule is C1CCSSC1.c1cn[nH]n1. The van der Waals surface area contributed by atoms with E-state index in [1.54, 1.807) is 12.4 Å². The highest BCUT2D eigenvalue weighted by molar-refractivity contribution is 8.76. The van der Waals surface area contributed by atoms with Crippen molar-refractivity contribution in [1.82, 2.24) is 15.4 Å². The van der Waals surface area contributed by atoms with Gasteiger partial charge in [0.15, 0.2) is 0 Å². The molecular weight excluding hydrogens is 178 g/mol. The van der Waals surface area contributed by atoms with E-state index >= 15 is 0 Å². The summed E-state index contributed by atoms with van der Waals surface area (Å²) in [5.74, 6) is 2.76. The molecule has 1 aliphatic heterocycles. The zero-order valence-electron chi connectivity index (χ0n) is 6.19. The van der Waals surface area contributed by atoms with E-state index in [2.05, 4.69) is 15.4 Å². The van der Waals surface area contributed by atoms with Crippen molar-refractivity contribution in [3.8, 4) is 0 Å². The summed E-state index contributed by atoms with van der Waals surface area (Å²) in [5.41, 5.74) is 0. The van der Waals surface area contributed by atoms with Crippen LogP contribution in [-0.4, -0.2) is 26.9 Å². The quantitative estimate of drug-likeness (QED) is 0.633. The second-order valence-corrected chi connectivity index (χ2v) is 4.71. The molecule has 1 saturated heterocycles. The zero-order valence-corrected chi connectivity index (χ0v) is 7.83. The van der Waals surface area contributed by atoms with E-state index in [4.69, 9.17) is 0 Å². The van der Waals surface area contributed by atoms with Crippen molar-refractivity contribution in [2.75, 3.05) is 11.5 Å². The highest BCUT2D eigenvalue weighted by atomic mass is 33.1. The van der Waals surface area contributed by atoms with Crippen LogP contribution in [0.2, 0.25) is 0 Å². The van der Waals surface area contributed by atoms with Crippen LogP contribution in [0.4, 0.5) is 0 Å². The van der Waals surface area contributed by atoms with Gasteiger partial charge in [0.25, 0.3) is 0 Å². The zero-order chi connectivity index (χ0) is 7.78. The molecule has 0 aromatic carbocycles. The van der Waals surface area contributed by atoms with E-state index in [-0.39, 0.29) is 0 Å². The fraction of sp³-hybridized carbons (Fsp3) is 0.667. The van der Waals surface area contributed by atoms with Crippen molar-refractivity contribution in [2.45, 2.75) is 12.8 Å². The molecule has 3 nitrogen and oxygen atoms in total. The largest absolute Gasteiger partial charge is 0.198 e. The summed E-state index contributed by atoms with van der Waals surface area (Å²) in [6.45, 7) is 0. The van der Waals surface area contributed by atoms with Gasteiger partial charge in [-0.15, -0.1) is 0 Å². The van der Waals surface area contributed by atoms with Crippen molar-refractivity contribution < 1.29 is 0 Å². The Morgan fingerprint density at radius 1 is 1.00 bits per heavy atom. The normalized spacial score (nSPS) is 16.7. The van der Waals surface area contributed by atoms with Crippen LogP contribution >= 0.6 is 21.6 Å². The van der Waals surface area contributed by atoms with Crippen molar-refractivity contribution in [1.29, 1.82) is 0 Å². The fourth-order valence-corrected chi connectivity index (χ4v) is 2.90. The van der Waals surface area contributed by atoms with Crippen LogP contribution in [-0.2, 0) is 0 Å². The van der Waals surface area contributed by atoms with Gasteiger partial charge >= 0.3 is 0 Å². The van der Waals surface area contributed by atoms with Gasteiger partial charge in [-0.2, -0.15) is 15.4 Å². The first-order valence-corrected chi connectivity index (χ1v) is 6.03. The Kier molecular flexibility index (Phi) is 5.31. The minimum Gasteiger partial charge on any atom is -0.198 e. The lowest BCUT2D eigenvalue weighted by Gasteiger charge is -2.04. The van der Waals surface area contributed by atoms with E-state index in [0.29, 0.717) is 0 Å². The van der Waals surface area contributed by atoms with E-state index in [1.807, 2.05) is 21.6 Å². The molecule has 11 heavy (non-hydrogen) atoms. The second-order valence-electron chi connectivity index (χ2n) is 2.01. The lowest BCUT2D eigenvalue weighted by Crippen LogP contribution is -1.86. The Morgan fingerprint density at radius 2 is 1.55 bits per heavy atom. The Hall–Kier alpha value is -0.160. The summed E-state index contributed by atoms with van der Waals surface area (Å²) in [6, 6.07) is 0. The monoisotopic (exact) mass is 189 g/mol. The van der Waals surface area contributed by atoms with Crippen molar-refractivity contribution in [3.63, 3.8) is 0 Å². The van der Waals surface area contributed by atoms with Gasteiger partial charge in [0.2, 0.25) is 0 Å². The van der Waals surface area contributed by atoms with Gasteiger partial charge in [-0.05, 0) is 12.8 Å². The maximum Gasteiger partial charge on any atom is 0.0690 e. The van der Waals surface area contributed by atoms with Crippen LogP contribution in [0.15, 0.2) is 12.4 Å². The molecular formula is C6H11N3S2. The number of hydrogen-bond donors (Lipinski definition) is 1. The summed E-state index contributed by atoms with van der Waals surface area (Å²) < 4.78 is 0. The molecule has 0 radical (unpaired) electrons. The molecule has 1 aliphatic rings. The van der Waals surface area contributed by atoms with E-state index in [9.17, 15) is 0 Å². The summed E-state index contributed by atoms with van der Waals surface area (Å²) in [4.78, 5) is 0. The van der Waals surface area contributed by atoms with Crippen molar-refractivity contribution in [2.24, 2.45) is 0 Å². The Bertz CT molecular complexity index is 122. The predicted octanol–water partition coefficient (Wildman–Crippen LogP) is 1.97. The highest BCUT2D eigenvalue weighted by Gasteiger charge is 1.96. The summed E-state index contributed by atoms with van der Waals surface area (Å²) in [7, 11) is 4.02. The molecule has 5 heteroatoms. The first-order valence-electron chi connectivity index (χ1n) is 3.54. The average molecular weight is 189 g/mol. The topological polar surface area (TPSA) is 41.6 Å². The molecule has 1 fully saturated rings. The maximum absolute atomic E-state index is 3.49. The summed E-state index contributed by atoms with van der Waals surface area (Å²) in [5, 5.41) is 9.33. The van der Waals surface area contributed by atoms with Crippen LogP contribution in [0, 0.1) is 0 Å². The minimum atomic E-state index is 1.38. The van der Waals surface area contributed by atoms with Crippen LogP contribution in [0.1, 0.15) is 12.8 Å². The van der Waals surface area contributed by atoms with E-state index in [0.717, 1.165) is 0 Å². The molecule has 0 atom stereocenters. The van der Waals surface area contributed by atoms with E-state index < -0.39 is 0 Å². The summed E-state index contributed by atoms with van der Waals surface area (Å²) in [6.07, 6.45) is 6.05. The third-order valence-electron chi connectivity index (χ3n) is 1.12. The molecule has 1 N–H and O–H groups in total. The summed E-state index contributed by atoms with van der Waals surface area (Å²) >= 11 is 0. The molecule has 2 rings (SSSR count). The number of H-pyrrole nitrogens is 1. The third kappa shape index (κ3) is 5.15. The number of nitrogens with zero attached hydrogens (tertiary/aromatic N) is 2. The van der Waals surface area contributed by atoms with Gasteiger partial charge in [0, 0.05) is 11.5 Å². The number of hydrogen-bond acceptors (Lipinski definition) is 4. The number of rotatable bonds is 0. The van der Waals surface area contributed by atoms with Crippen LogP contribution in [0.3, 0.4) is 0 Å². The van der Waals surface area contributed by atoms with Gasteiger partial charge in [0.1, 0.15) is 0 Å². The number of aromatic amines is 1. The Labute approximate surface area is 74.1 Å². The molecule has 0 bridgehead atoms. The first kappa shape index (κ1) is 8.93.